The number of hydrogen-bond acceptors (Lipinski definition) is 5. The highest BCUT2D eigenvalue weighted by Gasteiger charge is 2.21. The van der Waals surface area contributed by atoms with E-state index in [1.165, 1.54) is 18.2 Å². The first-order valence-corrected chi connectivity index (χ1v) is 8.59. The molecule has 0 atom stereocenters. The maximum Gasteiger partial charge on any atom is 0.289 e. The van der Waals surface area contributed by atoms with E-state index in [0.717, 1.165) is 12.1 Å². The van der Waals surface area contributed by atoms with Gasteiger partial charge >= 0.3 is 0 Å². The number of hydrogen-bond donors (Lipinski definition) is 1. The fourth-order valence-electron chi connectivity index (χ4n) is 2.72. The van der Waals surface area contributed by atoms with Gasteiger partial charge in [-0.2, -0.15) is 0 Å². The molecule has 1 aliphatic heterocycles. The van der Waals surface area contributed by atoms with Crippen LogP contribution in [0, 0.1) is 10.1 Å². The van der Waals surface area contributed by atoms with Crippen molar-refractivity contribution in [2.45, 2.75) is 12.8 Å². The second kappa shape index (κ2) is 8.05. The van der Waals surface area contributed by atoms with E-state index in [4.69, 9.17) is 16.3 Å². The molecule has 0 spiro atoms. The normalized spacial score (nSPS) is 13.5. The molecule has 1 N–H and O–H groups in total. The lowest BCUT2D eigenvalue weighted by molar-refractivity contribution is -0.384. The van der Waals surface area contributed by atoms with Crippen molar-refractivity contribution in [3.05, 3.63) is 57.6 Å². The van der Waals surface area contributed by atoms with Gasteiger partial charge in [0.25, 0.3) is 11.6 Å². The van der Waals surface area contributed by atoms with Crippen LogP contribution in [-0.2, 0) is 9.59 Å². The predicted molar refractivity (Wildman–Crippen MR) is 100 cm³/mol. The number of amides is 2. The van der Waals surface area contributed by atoms with E-state index >= 15 is 0 Å². The van der Waals surface area contributed by atoms with E-state index in [2.05, 4.69) is 5.32 Å². The van der Waals surface area contributed by atoms with Crippen LogP contribution >= 0.6 is 11.6 Å². The number of rotatable bonds is 6. The SMILES string of the molecule is O=C(COc1ccc(N2CCCC2=O)cc1)Nc1ccc(Cl)c([N+](=O)[O-])c1. The number of nitrogens with one attached hydrogen (secondary N) is 1. The fourth-order valence-corrected chi connectivity index (χ4v) is 2.91. The molecule has 27 heavy (non-hydrogen) atoms. The highest BCUT2D eigenvalue weighted by Crippen LogP contribution is 2.27. The summed E-state index contributed by atoms with van der Waals surface area (Å²) >= 11 is 5.73. The van der Waals surface area contributed by atoms with Gasteiger partial charge in [0.1, 0.15) is 10.8 Å². The minimum absolute atomic E-state index is 0.00850. The average molecular weight is 390 g/mol. The Balaban J connectivity index is 1.55. The van der Waals surface area contributed by atoms with Gasteiger partial charge in [-0.3, -0.25) is 19.7 Å². The summed E-state index contributed by atoms with van der Waals surface area (Å²) in [7, 11) is 0. The van der Waals surface area contributed by atoms with E-state index in [1.54, 1.807) is 29.2 Å². The smallest absolute Gasteiger partial charge is 0.289 e. The monoisotopic (exact) mass is 389 g/mol. The summed E-state index contributed by atoms with van der Waals surface area (Å²) in [5, 5.41) is 13.4. The molecule has 0 bridgehead atoms. The van der Waals surface area contributed by atoms with Crippen molar-refractivity contribution >= 4 is 40.5 Å². The van der Waals surface area contributed by atoms with Gasteiger partial charge in [-0.1, -0.05) is 11.6 Å². The van der Waals surface area contributed by atoms with Crippen molar-refractivity contribution in [3.8, 4) is 5.75 Å². The van der Waals surface area contributed by atoms with E-state index in [0.29, 0.717) is 18.7 Å². The quantitative estimate of drug-likeness (QED) is 0.602. The fraction of sp³-hybridized carbons (Fsp3) is 0.222. The largest absolute Gasteiger partial charge is 0.484 e. The molecule has 8 nitrogen and oxygen atoms in total. The number of carbonyl (C=O) groups excluding carboxylic acids is 2. The van der Waals surface area contributed by atoms with Gasteiger partial charge in [-0.05, 0) is 42.8 Å². The first-order valence-electron chi connectivity index (χ1n) is 8.21. The van der Waals surface area contributed by atoms with Crippen molar-refractivity contribution in [3.63, 3.8) is 0 Å². The molecule has 1 saturated heterocycles. The zero-order valence-corrected chi connectivity index (χ0v) is 14.9. The molecule has 1 fully saturated rings. The number of nitrogens with zero attached hydrogens (tertiary/aromatic N) is 2. The molecule has 0 unspecified atom stereocenters. The van der Waals surface area contributed by atoms with Crippen molar-refractivity contribution in [2.75, 3.05) is 23.4 Å². The summed E-state index contributed by atoms with van der Waals surface area (Å²) in [6, 6.07) is 10.9. The lowest BCUT2D eigenvalue weighted by Crippen LogP contribution is -2.23. The van der Waals surface area contributed by atoms with E-state index in [9.17, 15) is 19.7 Å². The zero-order valence-electron chi connectivity index (χ0n) is 14.2. The lowest BCUT2D eigenvalue weighted by atomic mass is 10.2. The Bertz CT molecular complexity index is 885. The molecular weight excluding hydrogens is 374 g/mol. The molecular formula is C18H16ClN3O5. The Labute approximate surface area is 159 Å². The summed E-state index contributed by atoms with van der Waals surface area (Å²) in [6.07, 6.45) is 1.40. The van der Waals surface area contributed by atoms with Crippen LogP contribution in [0.2, 0.25) is 5.02 Å². The number of ether oxygens (including phenoxy) is 1. The highest BCUT2D eigenvalue weighted by atomic mass is 35.5. The van der Waals surface area contributed by atoms with Crippen LogP contribution in [0.3, 0.4) is 0 Å². The second-order valence-electron chi connectivity index (χ2n) is 5.90. The molecule has 0 aromatic heterocycles. The van der Waals surface area contributed by atoms with Crippen LogP contribution in [0.15, 0.2) is 42.5 Å². The van der Waals surface area contributed by atoms with Gasteiger partial charge in [0.15, 0.2) is 6.61 Å². The lowest BCUT2D eigenvalue weighted by Gasteiger charge is -2.16. The standard InChI is InChI=1S/C18H16ClN3O5/c19-15-8-3-12(10-16(15)22(25)26)20-17(23)11-27-14-6-4-13(5-7-14)21-9-1-2-18(21)24/h3-8,10H,1-2,9,11H2,(H,20,23). The summed E-state index contributed by atoms with van der Waals surface area (Å²) < 4.78 is 5.41. The van der Waals surface area contributed by atoms with Crippen molar-refractivity contribution in [2.24, 2.45) is 0 Å². The highest BCUT2D eigenvalue weighted by molar-refractivity contribution is 6.32. The van der Waals surface area contributed by atoms with Crippen LogP contribution in [0.5, 0.6) is 5.75 Å². The number of anilines is 2. The Morgan fingerprint density at radius 1 is 1.26 bits per heavy atom. The molecule has 2 aromatic carbocycles. The molecule has 1 heterocycles. The summed E-state index contributed by atoms with van der Waals surface area (Å²) in [5.41, 5.74) is 0.757. The van der Waals surface area contributed by atoms with Crippen LogP contribution in [0.4, 0.5) is 17.1 Å². The van der Waals surface area contributed by atoms with Gasteiger partial charge in [-0.25, -0.2) is 0 Å². The molecule has 1 aliphatic rings. The number of carbonyl (C=O) groups is 2. The Kier molecular flexibility index (Phi) is 5.56. The molecule has 0 radical (unpaired) electrons. The van der Waals surface area contributed by atoms with Gasteiger partial charge in [-0.15, -0.1) is 0 Å². The first-order chi connectivity index (χ1) is 12.9. The van der Waals surface area contributed by atoms with Crippen LogP contribution < -0.4 is 15.0 Å². The minimum atomic E-state index is -0.624. The van der Waals surface area contributed by atoms with Crippen LogP contribution in [-0.4, -0.2) is 29.9 Å². The molecule has 2 aromatic rings. The van der Waals surface area contributed by atoms with Crippen molar-refractivity contribution in [1.82, 2.24) is 0 Å². The molecule has 0 aliphatic carbocycles. The Morgan fingerprint density at radius 3 is 2.63 bits per heavy atom. The maximum absolute atomic E-state index is 12.0. The third kappa shape index (κ3) is 4.53. The zero-order chi connectivity index (χ0) is 19.4. The molecule has 0 saturated carbocycles. The van der Waals surface area contributed by atoms with Gasteiger partial charge in [0.2, 0.25) is 5.91 Å². The number of nitro groups is 1. The maximum atomic E-state index is 12.0. The second-order valence-corrected chi connectivity index (χ2v) is 6.31. The van der Waals surface area contributed by atoms with E-state index in [1.807, 2.05) is 0 Å². The Morgan fingerprint density at radius 2 is 2.00 bits per heavy atom. The van der Waals surface area contributed by atoms with Gasteiger partial charge in [0, 0.05) is 30.4 Å². The molecule has 2 amide bonds. The van der Waals surface area contributed by atoms with E-state index < -0.39 is 10.8 Å². The van der Waals surface area contributed by atoms with Crippen LogP contribution in [0.25, 0.3) is 0 Å². The molecule has 140 valence electrons. The first kappa shape index (κ1) is 18.7. The number of benzene rings is 2. The van der Waals surface area contributed by atoms with Crippen molar-refractivity contribution in [1.29, 1.82) is 0 Å². The third-order valence-electron chi connectivity index (χ3n) is 4.02. The average Bonchev–Trinajstić information content (AvgIpc) is 3.08. The molecule has 9 heteroatoms. The predicted octanol–water partition coefficient (Wildman–Crippen LogP) is 3.39. The van der Waals surface area contributed by atoms with Gasteiger partial charge < -0.3 is 15.0 Å². The van der Waals surface area contributed by atoms with Gasteiger partial charge in [0.05, 0.1) is 4.92 Å². The number of halogens is 1. The van der Waals surface area contributed by atoms with E-state index in [-0.39, 0.29) is 28.9 Å². The summed E-state index contributed by atoms with van der Waals surface area (Å²) in [4.78, 5) is 35.7. The molecule has 3 rings (SSSR count). The topological polar surface area (TPSA) is 102 Å². The summed E-state index contributed by atoms with van der Waals surface area (Å²) in [6.45, 7) is 0.438. The third-order valence-corrected chi connectivity index (χ3v) is 4.34. The minimum Gasteiger partial charge on any atom is -0.484 e. The Hall–Kier alpha value is -3.13. The number of nitro benzene ring substituents is 1. The van der Waals surface area contributed by atoms with Crippen LogP contribution in [0.1, 0.15) is 12.8 Å². The van der Waals surface area contributed by atoms with Crippen molar-refractivity contribution < 1.29 is 19.2 Å². The summed E-state index contributed by atoms with van der Waals surface area (Å²) in [5.74, 6) is 0.105.